The van der Waals surface area contributed by atoms with Crippen LogP contribution in [0.1, 0.15) is 27.8 Å². The Bertz CT molecular complexity index is 1260. The van der Waals surface area contributed by atoms with Gasteiger partial charge in [-0.2, -0.15) is 4.98 Å². The Hall–Kier alpha value is -3.39. The number of aromatic nitrogens is 2. The molecule has 0 aliphatic rings. The highest BCUT2D eigenvalue weighted by molar-refractivity contribution is 7.91. The number of sulfone groups is 1. The van der Waals surface area contributed by atoms with E-state index < -0.39 is 32.5 Å². The molecule has 8 heteroatoms. The number of rotatable bonds is 6. The highest BCUT2D eigenvalue weighted by atomic mass is 32.2. The van der Waals surface area contributed by atoms with Crippen LogP contribution < -0.4 is 0 Å². The first-order valence-corrected chi connectivity index (χ1v) is 11.2. The average molecular weight is 440 g/mol. The summed E-state index contributed by atoms with van der Waals surface area (Å²) in [5.41, 5.74) is 2.42. The number of aryl methyl sites for hydroxylation is 1. The van der Waals surface area contributed by atoms with E-state index in [2.05, 4.69) is 10.1 Å². The normalized spacial score (nSPS) is 11.7. The van der Waals surface area contributed by atoms with E-state index in [0.717, 1.165) is 5.56 Å². The van der Waals surface area contributed by atoms with Crippen molar-refractivity contribution in [2.75, 3.05) is 0 Å². The minimum absolute atomic E-state index is 0.0641. The average Bonchev–Trinajstić information content (AvgIpc) is 3.19. The second-order valence-corrected chi connectivity index (χ2v) is 9.26. The van der Waals surface area contributed by atoms with Gasteiger partial charge in [0, 0.05) is 5.56 Å². The van der Waals surface area contributed by atoms with E-state index in [1.54, 1.807) is 6.07 Å². The predicted octanol–water partition coefficient (Wildman–Crippen LogP) is 5.03. The lowest BCUT2D eigenvalue weighted by molar-refractivity contribution is 0.389. The Morgan fingerprint density at radius 2 is 1.48 bits per heavy atom. The molecule has 0 saturated carbocycles. The first kappa shape index (κ1) is 20.9. The molecule has 0 fully saturated rings. The van der Waals surface area contributed by atoms with Gasteiger partial charge >= 0.3 is 0 Å². The summed E-state index contributed by atoms with van der Waals surface area (Å²) >= 11 is 0. The first-order chi connectivity index (χ1) is 14.8. The van der Waals surface area contributed by atoms with Gasteiger partial charge in [-0.25, -0.2) is 17.2 Å². The summed E-state index contributed by atoms with van der Waals surface area (Å²) in [6, 6.07) is 17.8. The SMILES string of the molecule is Cc1cccc(-c2noc(CS(=O)(=O)C(c3ccc(F)cc3)c3ccc(F)cc3)n2)c1. The van der Waals surface area contributed by atoms with E-state index in [4.69, 9.17) is 4.52 Å². The summed E-state index contributed by atoms with van der Waals surface area (Å²) in [6.45, 7) is 1.92. The predicted molar refractivity (Wildman–Crippen MR) is 112 cm³/mol. The van der Waals surface area contributed by atoms with E-state index in [0.29, 0.717) is 16.7 Å². The van der Waals surface area contributed by atoms with E-state index in [9.17, 15) is 17.2 Å². The van der Waals surface area contributed by atoms with Crippen molar-refractivity contribution in [3.05, 3.63) is 107 Å². The summed E-state index contributed by atoms with van der Waals surface area (Å²) < 4.78 is 58.7. The lowest BCUT2D eigenvalue weighted by Gasteiger charge is -2.18. The molecule has 0 aliphatic heterocycles. The number of hydrogen-bond acceptors (Lipinski definition) is 5. The molecule has 0 N–H and O–H groups in total. The van der Waals surface area contributed by atoms with E-state index in [1.807, 2.05) is 25.1 Å². The minimum Gasteiger partial charge on any atom is -0.338 e. The van der Waals surface area contributed by atoms with Gasteiger partial charge in [0.2, 0.25) is 11.7 Å². The van der Waals surface area contributed by atoms with Crippen LogP contribution in [0, 0.1) is 18.6 Å². The third-order valence-corrected chi connectivity index (χ3v) is 6.69. The molecule has 1 heterocycles. The van der Waals surface area contributed by atoms with Crippen molar-refractivity contribution in [3.63, 3.8) is 0 Å². The summed E-state index contributed by atoms with van der Waals surface area (Å²) in [5, 5.41) is 2.74. The third-order valence-electron chi connectivity index (χ3n) is 4.77. The number of nitrogens with zero attached hydrogens (tertiary/aromatic N) is 2. The fourth-order valence-corrected chi connectivity index (χ4v) is 5.12. The molecule has 31 heavy (non-hydrogen) atoms. The summed E-state index contributed by atoms with van der Waals surface area (Å²) in [4.78, 5) is 4.23. The van der Waals surface area contributed by atoms with Crippen molar-refractivity contribution in [1.29, 1.82) is 0 Å². The molecule has 3 aromatic carbocycles. The van der Waals surface area contributed by atoms with Gasteiger partial charge in [-0.05, 0) is 48.4 Å². The fraction of sp³-hybridized carbons (Fsp3) is 0.130. The maximum absolute atomic E-state index is 13.4. The molecular formula is C23H18F2N2O3S. The lowest BCUT2D eigenvalue weighted by Crippen LogP contribution is -2.17. The van der Waals surface area contributed by atoms with Crippen LogP contribution in [0.3, 0.4) is 0 Å². The summed E-state index contributed by atoms with van der Waals surface area (Å²) in [6.07, 6.45) is 0. The Kier molecular flexibility index (Phi) is 5.65. The van der Waals surface area contributed by atoms with Gasteiger partial charge in [0.15, 0.2) is 9.84 Å². The molecule has 0 atom stereocenters. The standard InChI is InChI=1S/C23H18F2N2O3S/c1-15-3-2-4-18(13-15)23-26-21(30-27-23)14-31(28,29)22(16-5-9-19(24)10-6-16)17-7-11-20(25)12-8-17/h2-13,22H,14H2,1H3. The van der Waals surface area contributed by atoms with Crippen molar-refractivity contribution < 1.29 is 21.7 Å². The van der Waals surface area contributed by atoms with Gasteiger partial charge in [-0.3, -0.25) is 0 Å². The maximum Gasteiger partial charge on any atom is 0.242 e. The van der Waals surface area contributed by atoms with Gasteiger partial charge in [-0.15, -0.1) is 0 Å². The van der Waals surface area contributed by atoms with Gasteiger partial charge in [-0.1, -0.05) is 53.2 Å². The monoisotopic (exact) mass is 440 g/mol. The van der Waals surface area contributed by atoms with Crippen LogP contribution in [0.25, 0.3) is 11.4 Å². The van der Waals surface area contributed by atoms with Crippen molar-refractivity contribution in [2.45, 2.75) is 17.9 Å². The van der Waals surface area contributed by atoms with Gasteiger partial charge in [0.25, 0.3) is 0 Å². The molecule has 0 amide bonds. The lowest BCUT2D eigenvalue weighted by atomic mass is 10.0. The highest BCUT2D eigenvalue weighted by Crippen LogP contribution is 2.33. The molecule has 0 radical (unpaired) electrons. The van der Waals surface area contributed by atoms with Crippen molar-refractivity contribution in [1.82, 2.24) is 10.1 Å². The summed E-state index contributed by atoms with van der Waals surface area (Å²) in [5.74, 6) is -1.28. The van der Waals surface area contributed by atoms with Crippen LogP contribution in [0.2, 0.25) is 0 Å². The molecular weight excluding hydrogens is 422 g/mol. The Balaban J connectivity index is 1.69. The van der Waals surface area contributed by atoms with Crippen LogP contribution in [-0.4, -0.2) is 18.6 Å². The Morgan fingerprint density at radius 1 is 0.903 bits per heavy atom. The van der Waals surface area contributed by atoms with Crippen molar-refractivity contribution in [2.24, 2.45) is 0 Å². The molecule has 0 spiro atoms. The number of halogens is 2. The first-order valence-electron chi connectivity index (χ1n) is 9.44. The zero-order chi connectivity index (χ0) is 22.0. The zero-order valence-electron chi connectivity index (χ0n) is 16.5. The molecule has 0 saturated heterocycles. The van der Waals surface area contributed by atoms with Gasteiger partial charge in [0.1, 0.15) is 22.6 Å². The smallest absolute Gasteiger partial charge is 0.242 e. The molecule has 158 valence electrons. The van der Waals surface area contributed by atoms with Gasteiger partial charge in [0.05, 0.1) is 0 Å². The van der Waals surface area contributed by atoms with Gasteiger partial charge < -0.3 is 4.52 Å². The van der Waals surface area contributed by atoms with E-state index >= 15 is 0 Å². The minimum atomic E-state index is -3.93. The fourth-order valence-electron chi connectivity index (χ4n) is 3.35. The Morgan fingerprint density at radius 3 is 2.03 bits per heavy atom. The zero-order valence-corrected chi connectivity index (χ0v) is 17.3. The maximum atomic E-state index is 13.4. The van der Waals surface area contributed by atoms with Crippen molar-refractivity contribution in [3.8, 4) is 11.4 Å². The quantitative estimate of drug-likeness (QED) is 0.421. The van der Waals surface area contributed by atoms with Crippen LogP contribution >= 0.6 is 0 Å². The molecule has 4 rings (SSSR count). The van der Waals surface area contributed by atoms with Crippen LogP contribution in [0.5, 0.6) is 0 Å². The molecule has 0 aliphatic carbocycles. The van der Waals surface area contributed by atoms with E-state index in [1.165, 1.54) is 48.5 Å². The van der Waals surface area contributed by atoms with Crippen molar-refractivity contribution >= 4 is 9.84 Å². The molecule has 4 aromatic rings. The second-order valence-electron chi connectivity index (χ2n) is 7.17. The van der Waals surface area contributed by atoms with Crippen LogP contribution in [0.4, 0.5) is 8.78 Å². The van der Waals surface area contributed by atoms with Crippen LogP contribution in [-0.2, 0) is 15.6 Å². The number of benzene rings is 3. The number of hydrogen-bond donors (Lipinski definition) is 0. The highest BCUT2D eigenvalue weighted by Gasteiger charge is 2.31. The van der Waals surface area contributed by atoms with E-state index in [-0.39, 0.29) is 11.7 Å². The molecule has 5 nitrogen and oxygen atoms in total. The largest absolute Gasteiger partial charge is 0.338 e. The second kappa shape index (κ2) is 8.39. The molecule has 1 aromatic heterocycles. The molecule has 0 bridgehead atoms. The topological polar surface area (TPSA) is 73.1 Å². The summed E-state index contributed by atoms with van der Waals surface area (Å²) in [7, 11) is -3.93. The molecule has 0 unspecified atom stereocenters. The van der Waals surface area contributed by atoms with Crippen LogP contribution in [0.15, 0.2) is 77.3 Å². The third kappa shape index (κ3) is 4.69. The Labute approximate surface area is 178 Å².